The van der Waals surface area contributed by atoms with E-state index in [1.807, 2.05) is 31.5 Å². The first-order valence-electron chi connectivity index (χ1n) is 10.1. The van der Waals surface area contributed by atoms with Gasteiger partial charge in [0.2, 0.25) is 0 Å². The molecule has 1 aliphatic heterocycles. The summed E-state index contributed by atoms with van der Waals surface area (Å²) >= 11 is 0. The van der Waals surface area contributed by atoms with Gasteiger partial charge in [-0.1, -0.05) is 12.1 Å². The lowest BCUT2D eigenvalue weighted by Gasteiger charge is -2.22. The number of aromatic amines is 1. The fourth-order valence-electron chi connectivity index (χ4n) is 4.41. The molecule has 0 aliphatic carbocycles. The molecule has 1 aromatic carbocycles. The van der Waals surface area contributed by atoms with E-state index in [4.69, 9.17) is 4.98 Å². The zero-order valence-corrected chi connectivity index (χ0v) is 16.6. The van der Waals surface area contributed by atoms with Gasteiger partial charge >= 0.3 is 0 Å². The highest BCUT2D eigenvalue weighted by atomic mass is 19.1. The van der Waals surface area contributed by atoms with Crippen molar-refractivity contribution in [2.24, 2.45) is 5.92 Å². The zero-order valence-electron chi connectivity index (χ0n) is 16.6. The maximum atomic E-state index is 14.1. The monoisotopic (exact) mass is 403 g/mol. The first kappa shape index (κ1) is 18.5. The van der Waals surface area contributed by atoms with Crippen molar-refractivity contribution in [3.8, 4) is 11.3 Å². The number of carbonyl (C=O) groups is 1. The van der Waals surface area contributed by atoms with Gasteiger partial charge in [0, 0.05) is 37.1 Å². The van der Waals surface area contributed by atoms with Crippen molar-refractivity contribution >= 4 is 16.9 Å². The van der Waals surface area contributed by atoms with E-state index >= 15 is 0 Å². The number of carbonyl (C=O) groups excluding carboxylic acids is 1. The molecule has 1 saturated heterocycles. The summed E-state index contributed by atoms with van der Waals surface area (Å²) in [7, 11) is 0. The normalized spacial score (nSPS) is 18.9. The van der Waals surface area contributed by atoms with Crippen LogP contribution in [0.25, 0.3) is 22.3 Å². The lowest BCUT2D eigenvalue weighted by molar-refractivity contribution is 0.0737. The Morgan fingerprint density at radius 1 is 1.23 bits per heavy atom. The Bertz CT molecular complexity index is 1200. The van der Waals surface area contributed by atoms with E-state index in [0.717, 1.165) is 35.3 Å². The van der Waals surface area contributed by atoms with Crippen LogP contribution in [0.3, 0.4) is 0 Å². The minimum absolute atomic E-state index is 0.0785. The number of fused-ring (bicyclic) bond motifs is 1. The Morgan fingerprint density at radius 3 is 2.90 bits per heavy atom. The fourth-order valence-corrected chi connectivity index (χ4v) is 4.41. The van der Waals surface area contributed by atoms with Gasteiger partial charge in [-0.25, -0.2) is 9.37 Å². The van der Waals surface area contributed by atoms with Gasteiger partial charge in [0.05, 0.1) is 28.5 Å². The van der Waals surface area contributed by atoms with Crippen molar-refractivity contribution in [2.45, 2.75) is 25.9 Å². The van der Waals surface area contributed by atoms with Crippen LogP contribution in [0.15, 0.2) is 61.1 Å². The number of aromatic nitrogens is 4. The summed E-state index contributed by atoms with van der Waals surface area (Å²) in [6.07, 6.45) is 6.52. The van der Waals surface area contributed by atoms with E-state index in [2.05, 4.69) is 20.8 Å². The number of rotatable bonds is 4. The van der Waals surface area contributed by atoms with Crippen LogP contribution in [-0.4, -0.2) is 43.1 Å². The van der Waals surface area contributed by atoms with Gasteiger partial charge in [0.1, 0.15) is 5.82 Å². The number of nitrogens with one attached hydrogen (secondary N) is 1. The Morgan fingerprint density at radius 2 is 2.10 bits per heavy atom. The number of hydrogen-bond acceptors (Lipinski definition) is 3. The summed E-state index contributed by atoms with van der Waals surface area (Å²) in [6, 6.07) is 12.4. The molecule has 1 fully saturated rings. The first-order valence-corrected chi connectivity index (χ1v) is 10.1. The van der Waals surface area contributed by atoms with Gasteiger partial charge in [-0.15, -0.1) is 0 Å². The largest absolute Gasteiger partial charge is 0.346 e. The highest BCUT2D eigenvalue weighted by Crippen LogP contribution is 2.28. The summed E-state index contributed by atoms with van der Waals surface area (Å²) in [5.74, 6) is -0.388. The molecule has 2 atom stereocenters. The Kier molecular flexibility index (Phi) is 4.58. The Labute approximate surface area is 173 Å². The van der Waals surface area contributed by atoms with Crippen LogP contribution in [0.2, 0.25) is 0 Å². The molecule has 1 N–H and O–H groups in total. The molecule has 0 spiro atoms. The number of H-pyrrole nitrogens is 1. The van der Waals surface area contributed by atoms with Crippen LogP contribution in [0.5, 0.6) is 0 Å². The molecular weight excluding hydrogens is 381 g/mol. The molecule has 3 aromatic heterocycles. The van der Waals surface area contributed by atoms with E-state index in [1.54, 1.807) is 29.3 Å². The maximum absolute atomic E-state index is 14.1. The van der Waals surface area contributed by atoms with Gasteiger partial charge in [0.25, 0.3) is 5.91 Å². The highest BCUT2D eigenvalue weighted by molar-refractivity contribution is 5.94. The number of pyridine rings is 1. The second-order valence-electron chi connectivity index (χ2n) is 7.94. The quantitative estimate of drug-likeness (QED) is 0.557. The standard InChI is InChI=1S/C23H22FN5O/c1-15-10-16(14-29(15)23(30)18-4-2-3-5-19(18)24)13-28-9-8-21-22(28)7-6-20(27-21)17-11-25-26-12-17/h2-9,11-12,15-16H,10,13-14H2,1H3,(H,25,26)/t15-,16-/m1/s1. The summed E-state index contributed by atoms with van der Waals surface area (Å²) in [6.45, 7) is 3.45. The average Bonchev–Trinajstić information content (AvgIpc) is 3.48. The molecule has 0 radical (unpaired) electrons. The number of benzene rings is 1. The minimum Gasteiger partial charge on any atom is -0.346 e. The third kappa shape index (κ3) is 3.26. The second kappa shape index (κ2) is 7.40. The molecule has 1 aliphatic rings. The predicted octanol–water partition coefficient (Wildman–Crippen LogP) is 4.12. The lowest BCUT2D eigenvalue weighted by atomic mass is 10.1. The van der Waals surface area contributed by atoms with Crippen molar-refractivity contribution in [2.75, 3.05) is 6.54 Å². The highest BCUT2D eigenvalue weighted by Gasteiger charge is 2.34. The SMILES string of the molecule is C[C@@H]1C[C@H](Cn2ccc3nc(-c4cn[nH]c4)ccc32)CN1C(=O)c1ccccc1F. The van der Waals surface area contributed by atoms with Crippen LogP contribution < -0.4 is 0 Å². The summed E-state index contributed by atoms with van der Waals surface area (Å²) in [4.78, 5) is 19.4. The fraction of sp³-hybridized carbons (Fsp3) is 0.261. The number of amides is 1. The van der Waals surface area contributed by atoms with E-state index in [1.165, 1.54) is 6.07 Å². The molecule has 4 aromatic rings. The molecule has 4 heterocycles. The zero-order chi connectivity index (χ0) is 20.7. The van der Waals surface area contributed by atoms with Gasteiger partial charge in [-0.3, -0.25) is 9.89 Å². The molecule has 0 saturated carbocycles. The van der Waals surface area contributed by atoms with Gasteiger partial charge < -0.3 is 9.47 Å². The predicted molar refractivity (Wildman–Crippen MR) is 112 cm³/mol. The van der Waals surface area contributed by atoms with Gasteiger partial charge in [-0.05, 0) is 49.6 Å². The molecule has 6 nitrogen and oxygen atoms in total. The smallest absolute Gasteiger partial charge is 0.257 e. The first-order chi connectivity index (χ1) is 14.6. The van der Waals surface area contributed by atoms with Crippen LogP contribution in [0, 0.1) is 11.7 Å². The number of nitrogens with zero attached hydrogens (tertiary/aromatic N) is 4. The van der Waals surface area contributed by atoms with Crippen LogP contribution in [0.4, 0.5) is 4.39 Å². The van der Waals surface area contributed by atoms with E-state index in [9.17, 15) is 9.18 Å². The second-order valence-corrected chi connectivity index (χ2v) is 7.94. The Balaban J connectivity index is 1.33. The summed E-state index contributed by atoms with van der Waals surface area (Å²) < 4.78 is 16.3. The maximum Gasteiger partial charge on any atom is 0.257 e. The van der Waals surface area contributed by atoms with Crippen LogP contribution >= 0.6 is 0 Å². The molecule has 0 bridgehead atoms. The van der Waals surface area contributed by atoms with Crippen molar-refractivity contribution in [1.29, 1.82) is 0 Å². The van der Waals surface area contributed by atoms with E-state index < -0.39 is 5.82 Å². The molecule has 0 unspecified atom stereocenters. The molecule has 1 amide bonds. The molecule has 152 valence electrons. The van der Waals surface area contributed by atoms with E-state index in [-0.39, 0.29) is 17.5 Å². The van der Waals surface area contributed by atoms with Crippen molar-refractivity contribution in [1.82, 2.24) is 24.6 Å². The topological polar surface area (TPSA) is 66.8 Å². The number of halogens is 1. The Hall–Kier alpha value is -3.48. The molecule has 5 rings (SSSR count). The van der Waals surface area contributed by atoms with Crippen LogP contribution in [-0.2, 0) is 6.54 Å². The number of hydrogen-bond donors (Lipinski definition) is 1. The minimum atomic E-state index is -0.464. The van der Waals surface area contributed by atoms with Crippen LogP contribution in [0.1, 0.15) is 23.7 Å². The number of likely N-dealkylation sites (tertiary alicyclic amines) is 1. The summed E-state index contributed by atoms with van der Waals surface area (Å²) in [5, 5.41) is 6.79. The van der Waals surface area contributed by atoms with Crippen molar-refractivity contribution < 1.29 is 9.18 Å². The molecule has 30 heavy (non-hydrogen) atoms. The van der Waals surface area contributed by atoms with E-state index in [0.29, 0.717) is 12.5 Å². The third-order valence-electron chi connectivity index (χ3n) is 5.90. The third-order valence-corrected chi connectivity index (χ3v) is 5.90. The average molecular weight is 403 g/mol. The van der Waals surface area contributed by atoms with Crippen molar-refractivity contribution in [3.05, 3.63) is 72.4 Å². The lowest BCUT2D eigenvalue weighted by Crippen LogP contribution is -2.34. The molecular formula is C23H22FN5O. The molecule has 7 heteroatoms. The van der Waals surface area contributed by atoms with Gasteiger partial charge in [-0.2, -0.15) is 5.10 Å². The van der Waals surface area contributed by atoms with Gasteiger partial charge in [0.15, 0.2) is 0 Å². The summed E-state index contributed by atoms with van der Waals surface area (Å²) in [5.41, 5.74) is 3.97. The van der Waals surface area contributed by atoms with Crippen molar-refractivity contribution in [3.63, 3.8) is 0 Å².